The van der Waals surface area contributed by atoms with Crippen LogP contribution < -0.4 is 5.32 Å². The third-order valence-corrected chi connectivity index (χ3v) is 3.81. The van der Waals surface area contributed by atoms with E-state index >= 15 is 0 Å². The van der Waals surface area contributed by atoms with E-state index in [0.29, 0.717) is 16.4 Å². The van der Waals surface area contributed by atoms with Gasteiger partial charge in [-0.15, -0.1) is 0 Å². The molecule has 1 aromatic heterocycles. The lowest BCUT2D eigenvalue weighted by atomic mass is 10.1. The van der Waals surface area contributed by atoms with Gasteiger partial charge in [0, 0.05) is 11.6 Å². The SMILES string of the molecule is N=C1NC(=O)/C(=C/c2ccc(-c3ccc(C(=O)O)cc3)o2)S1. The highest BCUT2D eigenvalue weighted by atomic mass is 32.2. The van der Waals surface area contributed by atoms with Crippen LogP contribution in [-0.2, 0) is 4.79 Å². The van der Waals surface area contributed by atoms with Crippen molar-refractivity contribution in [3.8, 4) is 11.3 Å². The highest BCUT2D eigenvalue weighted by Crippen LogP contribution is 2.28. The second kappa shape index (κ2) is 5.53. The van der Waals surface area contributed by atoms with Crippen LogP contribution in [0.5, 0.6) is 0 Å². The molecule has 7 heteroatoms. The van der Waals surface area contributed by atoms with Gasteiger partial charge >= 0.3 is 5.97 Å². The van der Waals surface area contributed by atoms with Crippen LogP contribution in [0.3, 0.4) is 0 Å². The lowest BCUT2D eigenvalue weighted by Gasteiger charge is -1.98. The van der Waals surface area contributed by atoms with Gasteiger partial charge in [0.15, 0.2) is 5.17 Å². The summed E-state index contributed by atoms with van der Waals surface area (Å²) < 4.78 is 5.63. The van der Waals surface area contributed by atoms with Crippen molar-refractivity contribution in [2.75, 3.05) is 0 Å². The average Bonchev–Trinajstić information content (AvgIpc) is 3.06. The number of nitrogens with one attached hydrogen (secondary N) is 2. The van der Waals surface area contributed by atoms with Crippen LogP contribution in [0.4, 0.5) is 0 Å². The van der Waals surface area contributed by atoms with Crippen LogP contribution in [0.1, 0.15) is 16.1 Å². The fourth-order valence-corrected chi connectivity index (χ4v) is 2.62. The Labute approximate surface area is 129 Å². The number of thioether (sulfide) groups is 1. The lowest BCUT2D eigenvalue weighted by molar-refractivity contribution is -0.115. The molecular weight excluding hydrogens is 304 g/mol. The maximum atomic E-state index is 11.5. The first-order chi connectivity index (χ1) is 10.5. The summed E-state index contributed by atoms with van der Waals surface area (Å²) in [5, 5.41) is 18.7. The van der Waals surface area contributed by atoms with E-state index in [1.165, 1.54) is 12.1 Å². The number of carbonyl (C=O) groups is 2. The Bertz CT molecular complexity index is 805. The van der Waals surface area contributed by atoms with Crippen molar-refractivity contribution in [2.24, 2.45) is 0 Å². The number of aromatic carboxylic acids is 1. The topological polar surface area (TPSA) is 103 Å². The van der Waals surface area contributed by atoms with Gasteiger partial charge in [-0.3, -0.25) is 10.2 Å². The molecule has 0 atom stereocenters. The molecule has 3 rings (SSSR count). The van der Waals surface area contributed by atoms with E-state index in [9.17, 15) is 9.59 Å². The zero-order chi connectivity index (χ0) is 15.7. The van der Waals surface area contributed by atoms with Crippen molar-refractivity contribution in [1.82, 2.24) is 5.32 Å². The minimum atomic E-state index is -0.983. The third kappa shape index (κ3) is 2.79. The Morgan fingerprint density at radius 3 is 2.55 bits per heavy atom. The summed E-state index contributed by atoms with van der Waals surface area (Å²) in [5.41, 5.74) is 0.945. The molecule has 1 aliphatic heterocycles. The lowest BCUT2D eigenvalue weighted by Crippen LogP contribution is -2.18. The predicted molar refractivity (Wildman–Crippen MR) is 82.5 cm³/mol. The number of amidine groups is 1. The smallest absolute Gasteiger partial charge is 0.335 e. The first kappa shape index (κ1) is 14.2. The second-order valence-electron chi connectivity index (χ2n) is 4.48. The Kier molecular flexibility index (Phi) is 3.56. The monoisotopic (exact) mass is 314 g/mol. The minimum Gasteiger partial charge on any atom is -0.478 e. The molecule has 1 aromatic carbocycles. The van der Waals surface area contributed by atoms with E-state index in [4.69, 9.17) is 14.9 Å². The standard InChI is InChI=1S/C15H10N2O4S/c16-15-17-13(18)12(22-15)7-10-5-6-11(21-10)8-1-3-9(4-2-8)14(19)20/h1-7H,(H,19,20)(H2,16,17,18)/b12-7-. The summed E-state index contributed by atoms with van der Waals surface area (Å²) in [6.45, 7) is 0. The van der Waals surface area contributed by atoms with Crippen molar-refractivity contribution in [1.29, 1.82) is 5.41 Å². The molecule has 6 nitrogen and oxygen atoms in total. The van der Waals surface area contributed by atoms with Crippen molar-refractivity contribution in [2.45, 2.75) is 0 Å². The Balaban J connectivity index is 1.85. The molecule has 0 radical (unpaired) electrons. The molecule has 2 aromatic rings. The van der Waals surface area contributed by atoms with E-state index in [2.05, 4.69) is 5.32 Å². The Hall–Kier alpha value is -2.80. The van der Waals surface area contributed by atoms with E-state index in [0.717, 1.165) is 17.3 Å². The van der Waals surface area contributed by atoms with Gasteiger partial charge < -0.3 is 14.8 Å². The van der Waals surface area contributed by atoms with Gasteiger partial charge in [-0.25, -0.2) is 4.79 Å². The van der Waals surface area contributed by atoms with E-state index in [1.54, 1.807) is 30.3 Å². The number of carbonyl (C=O) groups excluding carboxylic acids is 1. The second-order valence-corrected chi connectivity index (χ2v) is 5.53. The highest BCUT2D eigenvalue weighted by Gasteiger charge is 2.22. The molecule has 110 valence electrons. The van der Waals surface area contributed by atoms with Crippen LogP contribution in [0.25, 0.3) is 17.4 Å². The maximum absolute atomic E-state index is 11.5. The molecule has 1 fully saturated rings. The van der Waals surface area contributed by atoms with Gasteiger partial charge in [0.25, 0.3) is 5.91 Å². The molecule has 0 bridgehead atoms. The average molecular weight is 314 g/mol. The molecular formula is C15H10N2O4S. The van der Waals surface area contributed by atoms with Crippen molar-refractivity contribution in [3.05, 3.63) is 52.6 Å². The number of amides is 1. The van der Waals surface area contributed by atoms with Crippen molar-refractivity contribution >= 4 is 34.9 Å². The Morgan fingerprint density at radius 2 is 1.95 bits per heavy atom. The summed E-state index contributed by atoms with van der Waals surface area (Å²) in [6, 6.07) is 9.77. The zero-order valence-electron chi connectivity index (χ0n) is 11.1. The molecule has 0 saturated carbocycles. The maximum Gasteiger partial charge on any atom is 0.335 e. The van der Waals surface area contributed by atoms with E-state index in [-0.39, 0.29) is 16.6 Å². The first-order valence-corrected chi connectivity index (χ1v) is 7.07. The van der Waals surface area contributed by atoms with E-state index in [1.807, 2.05) is 0 Å². The molecule has 0 spiro atoms. The molecule has 2 heterocycles. The molecule has 1 saturated heterocycles. The van der Waals surface area contributed by atoms with Gasteiger partial charge in [-0.1, -0.05) is 12.1 Å². The molecule has 0 unspecified atom stereocenters. The van der Waals surface area contributed by atoms with Crippen molar-refractivity contribution in [3.63, 3.8) is 0 Å². The number of carboxylic acids is 1. The van der Waals surface area contributed by atoms with Crippen LogP contribution in [0.15, 0.2) is 45.7 Å². The molecule has 1 amide bonds. The number of benzene rings is 1. The summed E-state index contributed by atoms with van der Waals surface area (Å²) in [7, 11) is 0. The first-order valence-electron chi connectivity index (χ1n) is 6.26. The number of hydrogen-bond acceptors (Lipinski definition) is 5. The quantitative estimate of drug-likeness (QED) is 0.756. The predicted octanol–water partition coefficient (Wildman–Crippen LogP) is 2.78. The third-order valence-electron chi connectivity index (χ3n) is 2.98. The minimum absolute atomic E-state index is 0.0901. The number of carboxylic acid groups (broad SMARTS) is 1. The van der Waals surface area contributed by atoms with Gasteiger partial charge in [-0.05, 0) is 36.0 Å². The summed E-state index contributed by atoms with van der Waals surface area (Å²) in [6.07, 6.45) is 1.57. The van der Waals surface area contributed by atoms with Gasteiger partial charge in [0.05, 0.1) is 10.5 Å². The highest BCUT2D eigenvalue weighted by molar-refractivity contribution is 8.18. The zero-order valence-corrected chi connectivity index (χ0v) is 11.9. The number of furan rings is 1. The van der Waals surface area contributed by atoms with Gasteiger partial charge in [0.1, 0.15) is 11.5 Å². The van der Waals surface area contributed by atoms with Crippen LogP contribution in [-0.4, -0.2) is 22.2 Å². The number of rotatable bonds is 3. The largest absolute Gasteiger partial charge is 0.478 e. The summed E-state index contributed by atoms with van der Waals surface area (Å²) in [5.74, 6) is -0.242. The summed E-state index contributed by atoms with van der Waals surface area (Å²) >= 11 is 1.04. The van der Waals surface area contributed by atoms with Crippen LogP contribution in [0, 0.1) is 5.41 Å². The summed E-state index contributed by atoms with van der Waals surface area (Å²) in [4.78, 5) is 22.7. The molecule has 22 heavy (non-hydrogen) atoms. The fourth-order valence-electron chi connectivity index (χ4n) is 1.93. The van der Waals surface area contributed by atoms with Crippen LogP contribution >= 0.6 is 11.8 Å². The van der Waals surface area contributed by atoms with Crippen molar-refractivity contribution < 1.29 is 19.1 Å². The van der Waals surface area contributed by atoms with E-state index < -0.39 is 5.97 Å². The van der Waals surface area contributed by atoms with Gasteiger partial charge in [0.2, 0.25) is 0 Å². The number of hydrogen-bond donors (Lipinski definition) is 3. The Morgan fingerprint density at radius 1 is 1.23 bits per heavy atom. The molecule has 1 aliphatic rings. The fraction of sp³-hybridized carbons (Fsp3) is 0. The van der Waals surface area contributed by atoms with Crippen LogP contribution in [0.2, 0.25) is 0 Å². The molecule has 0 aliphatic carbocycles. The van der Waals surface area contributed by atoms with Gasteiger partial charge in [-0.2, -0.15) is 0 Å². The molecule has 3 N–H and O–H groups in total. The normalized spacial score (nSPS) is 16.1.